The molecule has 0 aliphatic rings. The number of benzene rings is 3. The van der Waals surface area contributed by atoms with E-state index >= 15 is 0 Å². The van der Waals surface area contributed by atoms with Gasteiger partial charge < -0.3 is 14.5 Å². The van der Waals surface area contributed by atoms with E-state index in [4.69, 9.17) is 4.42 Å². The van der Waals surface area contributed by atoms with Gasteiger partial charge in [-0.15, -0.1) is 5.10 Å². The molecule has 3 N–H and O–H groups in total. The quantitative estimate of drug-likeness (QED) is 0.330. The molecule has 3 aromatic carbocycles. The average molecular weight is 475 g/mol. The summed E-state index contributed by atoms with van der Waals surface area (Å²) >= 11 is 3.35. The zero-order chi connectivity index (χ0) is 21.4. The predicted molar refractivity (Wildman–Crippen MR) is 120 cm³/mol. The van der Waals surface area contributed by atoms with Crippen molar-refractivity contribution in [1.82, 2.24) is 15.4 Å². The van der Waals surface area contributed by atoms with Crippen molar-refractivity contribution >= 4 is 43.8 Å². The van der Waals surface area contributed by atoms with Crippen LogP contribution >= 0.6 is 15.9 Å². The van der Waals surface area contributed by atoms with Gasteiger partial charge in [-0.3, -0.25) is 4.79 Å². The number of nitrogens with one attached hydrogen (secondary N) is 2. The lowest BCUT2D eigenvalue weighted by molar-refractivity contribution is 0.0951. The number of H-pyrrole nitrogens is 1. The van der Waals surface area contributed by atoms with Crippen molar-refractivity contribution in [2.24, 2.45) is 5.10 Å². The smallest absolute Gasteiger partial charge is 0.271 e. The van der Waals surface area contributed by atoms with Crippen LogP contribution in [0.2, 0.25) is 0 Å². The van der Waals surface area contributed by atoms with Crippen molar-refractivity contribution in [3.63, 3.8) is 0 Å². The molecule has 2 aromatic heterocycles. The fourth-order valence-corrected chi connectivity index (χ4v) is 3.64. The number of aromatic amines is 1. The number of carbonyl (C=O) groups is 1. The van der Waals surface area contributed by atoms with Crippen LogP contribution in [0, 0.1) is 0 Å². The van der Waals surface area contributed by atoms with Crippen LogP contribution in [0.4, 0.5) is 0 Å². The number of amides is 1. The molecule has 0 atom stereocenters. The van der Waals surface area contributed by atoms with Gasteiger partial charge in [0.1, 0.15) is 17.2 Å². The summed E-state index contributed by atoms with van der Waals surface area (Å²) in [4.78, 5) is 20.4. The fraction of sp³-hybridized carbons (Fsp3) is 0. The van der Waals surface area contributed by atoms with Gasteiger partial charge in [0.2, 0.25) is 5.55 Å². The molecule has 0 fully saturated rings. The SMILES string of the molecule is O=C(NN=c1oc2cc(O)ccc2cc1-c1nc2ccccc2[nH]1)c1cccc(Br)c1. The summed E-state index contributed by atoms with van der Waals surface area (Å²) in [7, 11) is 0. The molecule has 5 rings (SSSR count). The number of rotatable bonds is 3. The number of para-hydroxylation sites is 2. The van der Waals surface area contributed by atoms with Crippen LogP contribution in [0.3, 0.4) is 0 Å². The number of aromatic nitrogens is 2. The van der Waals surface area contributed by atoms with E-state index in [1.807, 2.05) is 36.4 Å². The molecule has 0 spiro atoms. The lowest BCUT2D eigenvalue weighted by Gasteiger charge is -2.04. The van der Waals surface area contributed by atoms with Gasteiger partial charge in [0.15, 0.2) is 0 Å². The van der Waals surface area contributed by atoms with E-state index in [1.165, 1.54) is 6.07 Å². The maximum atomic E-state index is 12.5. The highest BCUT2D eigenvalue weighted by molar-refractivity contribution is 9.10. The Hall–Kier alpha value is -3.91. The van der Waals surface area contributed by atoms with E-state index < -0.39 is 0 Å². The normalized spacial score (nSPS) is 11.8. The summed E-state index contributed by atoms with van der Waals surface area (Å²) in [6.45, 7) is 0. The molecule has 5 aromatic rings. The van der Waals surface area contributed by atoms with Crippen molar-refractivity contribution in [1.29, 1.82) is 0 Å². The maximum absolute atomic E-state index is 12.5. The molecule has 0 unspecified atom stereocenters. The van der Waals surface area contributed by atoms with Crippen LogP contribution < -0.4 is 11.0 Å². The van der Waals surface area contributed by atoms with Crippen LogP contribution in [0.15, 0.2) is 86.8 Å². The molecule has 0 saturated carbocycles. The number of halogens is 1. The molecular formula is C23H15BrN4O3. The molecule has 0 radical (unpaired) electrons. The number of fused-ring (bicyclic) bond motifs is 2. The Kier molecular flexibility index (Phi) is 4.76. The summed E-state index contributed by atoms with van der Waals surface area (Å²) in [6.07, 6.45) is 0. The maximum Gasteiger partial charge on any atom is 0.271 e. The van der Waals surface area contributed by atoms with E-state index in [-0.39, 0.29) is 17.2 Å². The third-order valence-corrected chi connectivity index (χ3v) is 5.22. The number of phenols is 1. The number of hydrogen-bond donors (Lipinski definition) is 3. The number of hydrogen-bond acceptors (Lipinski definition) is 5. The molecule has 0 bridgehead atoms. The Morgan fingerprint density at radius 2 is 1.94 bits per heavy atom. The van der Waals surface area contributed by atoms with Gasteiger partial charge in [-0.2, -0.15) is 0 Å². The first-order valence-corrected chi connectivity index (χ1v) is 10.2. The first kappa shape index (κ1) is 19.1. The predicted octanol–water partition coefficient (Wildman–Crippen LogP) is 4.69. The topological polar surface area (TPSA) is 104 Å². The Bertz CT molecular complexity index is 1490. The Balaban J connectivity index is 1.65. The zero-order valence-electron chi connectivity index (χ0n) is 16.0. The Morgan fingerprint density at radius 1 is 1.06 bits per heavy atom. The lowest BCUT2D eigenvalue weighted by Crippen LogP contribution is -2.22. The number of aromatic hydroxyl groups is 1. The summed E-state index contributed by atoms with van der Waals surface area (Å²) in [5.74, 6) is 0.232. The van der Waals surface area contributed by atoms with Gasteiger partial charge in [-0.1, -0.05) is 34.1 Å². The summed E-state index contributed by atoms with van der Waals surface area (Å²) in [5.41, 5.74) is 5.80. The number of imidazole rings is 1. The third kappa shape index (κ3) is 3.80. The largest absolute Gasteiger partial charge is 0.508 e. The van der Waals surface area contributed by atoms with Crippen LogP contribution in [0.25, 0.3) is 33.4 Å². The second-order valence-corrected chi connectivity index (χ2v) is 7.77. The van der Waals surface area contributed by atoms with E-state index in [0.717, 1.165) is 20.9 Å². The van der Waals surface area contributed by atoms with Crippen molar-refractivity contribution in [2.75, 3.05) is 0 Å². The zero-order valence-corrected chi connectivity index (χ0v) is 17.6. The minimum atomic E-state index is -0.386. The molecule has 2 heterocycles. The highest BCUT2D eigenvalue weighted by Crippen LogP contribution is 2.24. The Labute approximate surface area is 184 Å². The van der Waals surface area contributed by atoms with Crippen LogP contribution in [0.1, 0.15) is 10.4 Å². The lowest BCUT2D eigenvalue weighted by atomic mass is 10.1. The van der Waals surface area contributed by atoms with Crippen molar-refractivity contribution in [2.45, 2.75) is 0 Å². The van der Waals surface area contributed by atoms with Gasteiger partial charge in [-0.05, 0) is 48.5 Å². The van der Waals surface area contributed by atoms with Gasteiger partial charge in [-0.25, -0.2) is 10.4 Å². The summed E-state index contributed by atoms with van der Waals surface area (Å²) in [5, 5.41) is 14.8. The van der Waals surface area contributed by atoms with Gasteiger partial charge in [0.05, 0.1) is 16.6 Å². The highest BCUT2D eigenvalue weighted by Gasteiger charge is 2.13. The molecule has 1 amide bonds. The first-order chi connectivity index (χ1) is 15.1. The minimum absolute atomic E-state index is 0.0665. The van der Waals surface area contributed by atoms with Crippen molar-refractivity contribution in [3.05, 3.63) is 88.4 Å². The average Bonchev–Trinajstić information content (AvgIpc) is 3.21. The van der Waals surface area contributed by atoms with Gasteiger partial charge in [0, 0.05) is 21.5 Å². The molecule has 0 aliphatic carbocycles. The molecule has 31 heavy (non-hydrogen) atoms. The molecule has 152 valence electrons. The van der Waals surface area contributed by atoms with Gasteiger partial charge >= 0.3 is 0 Å². The second kappa shape index (κ2) is 7.73. The highest BCUT2D eigenvalue weighted by atomic mass is 79.9. The molecular weight excluding hydrogens is 460 g/mol. The van der Waals surface area contributed by atoms with Crippen molar-refractivity contribution < 1.29 is 14.3 Å². The van der Waals surface area contributed by atoms with Crippen LogP contribution in [0.5, 0.6) is 5.75 Å². The fourth-order valence-electron chi connectivity index (χ4n) is 3.24. The summed E-state index contributed by atoms with van der Waals surface area (Å²) in [6, 6.07) is 21.3. The van der Waals surface area contributed by atoms with E-state index in [1.54, 1.807) is 30.3 Å². The van der Waals surface area contributed by atoms with Crippen LogP contribution in [-0.4, -0.2) is 21.0 Å². The first-order valence-electron chi connectivity index (χ1n) is 9.38. The molecule has 7 nitrogen and oxygen atoms in total. The van der Waals surface area contributed by atoms with Crippen LogP contribution in [-0.2, 0) is 0 Å². The molecule has 0 saturated heterocycles. The standard InChI is InChI=1S/C23H15BrN4O3/c24-15-5-3-4-14(10-15)22(30)27-28-23-17(11-13-8-9-16(29)12-20(13)31-23)21-25-18-6-1-2-7-19(18)26-21/h1-12,29H,(H,25,26)(H,27,30). The van der Waals surface area contributed by atoms with Crippen molar-refractivity contribution in [3.8, 4) is 17.1 Å². The molecule has 0 aliphatic heterocycles. The number of phenolic OH excluding ortho intramolecular Hbond substituents is 1. The van der Waals surface area contributed by atoms with E-state index in [9.17, 15) is 9.90 Å². The minimum Gasteiger partial charge on any atom is -0.508 e. The van der Waals surface area contributed by atoms with E-state index in [0.29, 0.717) is 22.5 Å². The monoisotopic (exact) mass is 474 g/mol. The number of nitrogens with zero attached hydrogens (tertiary/aromatic N) is 2. The second-order valence-electron chi connectivity index (χ2n) is 6.85. The van der Waals surface area contributed by atoms with Gasteiger partial charge in [0.25, 0.3) is 5.91 Å². The third-order valence-electron chi connectivity index (χ3n) is 4.72. The summed E-state index contributed by atoms with van der Waals surface area (Å²) < 4.78 is 6.71. The van der Waals surface area contributed by atoms with E-state index in [2.05, 4.69) is 36.4 Å². The number of carbonyl (C=O) groups excluding carboxylic acids is 1. The Morgan fingerprint density at radius 3 is 2.77 bits per heavy atom. The molecule has 8 heteroatoms.